The number of hydrogen-bond acceptors (Lipinski definition) is 2. The van der Waals surface area contributed by atoms with Gasteiger partial charge in [-0.1, -0.05) is 38.1 Å². The van der Waals surface area contributed by atoms with E-state index >= 15 is 0 Å². The number of nitrogens with zero attached hydrogens (tertiary/aromatic N) is 2. The van der Waals surface area contributed by atoms with Crippen molar-refractivity contribution in [1.82, 2.24) is 14.9 Å². The first kappa shape index (κ1) is 16.2. The maximum absolute atomic E-state index is 13.7. The van der Waals surface area contributed by atoms with E-state index in [2.05, 4.69) is 28.7 Å². The maximum Gasteiger partial charge on any atom is 0.254 e. The minimum Gasteiger partial charge on any atom is -0.345 e. The van der Waals surface area contributed by atoms with Gasteiger partial charge in [0.15, 0.2) is 0 Å². The summed E-state index contributed by atoms with van der Waals surface area (Å²) in [5.41, 5.74) is 1.98. The molecule has 0 saturated heterocycles. The predicted octanol–water partition coefficient (Wildman–Crippen LogP) is 3.76. The van der Waals surface area contributed by atoms with Crippen LogP contribution in [0.5, 0.6) is 0 Å². The molecule has 4 nitrogen and oxygen atoms in total. The summed E-state index contributed by atoms with van der Waals surface area (Å²) in [5, 5.41) is 2.77. The van der Waals surface area contributed by atoms with E-state index in [1.54, 1.807) is 12.1 Å². The first-order valence-corrected chi connectivity index (χ1v) is 8.03. The van der Waals surface area contributed by atoms with Gasteiger partial charge >= 0.3 is 0 Å². The number of carbonyl (C=O) groups excluding carboxylic acids is 1. The number of carbonyl (C=O) groups is 1. The van der Waals surface area contributed by atoms with Crippen molar-refractivity contribution in [2.45, 2.75) is 26.9 Å². The van der Waals surface area contributed by atoms with Crippen LogP contribution in [-0.2, 0) is 13.1 Å². The van der Waals surface area contributed by atoms with Crippen LogP contribution in [0.4, 0.5) is 4.39 Å². The zero-order valence-corrected chi connectivity index (χ0v) is 13.8. The first-order valence-electron chi connectivity index (χ1n) is 8.03. The van der Waals surface area contributed by atoms with Crippen LogP contribution in [0.15, 0.2) is 48.5 Å². The minimum absolute atomic E-state index is 0.0454. The molecule has 0 aliphatic carbocycles. The Hall–Kier alpha value is -2.69. The Bertz CT molecular complexity index is 870. The number of fused-ring (bicyclic) bond motifs is 1. The molecule has 0 fully saturated rings. The van der Waals surface area contributed by atoms with Gasteiger partial charge in [-0.05, 0) is 30.2 Å². The Morgan fingerprint density at radius 3 is 2.62 bits per heavy atom. The highest BCUT2D eigenvalue weighted by Gasteiger charge is 2.14. The highest BCUT2D eigenvalue weighted by atomic mass is 19.1. The topological polar surface area (TPSA) is 46.9 Å². The smallest absolute Gasteiger partial charge is 0.254 e. The van der Waals surface area contributed by atoms with Crippen LogP contribution in [0.3, 0.4) is 0 Å². The van der Waals surface area contributed by atoms with Gasteiger partial charge in [0.1, 0.15) is 11.6 Å². The Kier molecular flexibility index (Phi) is 4.60. The van der Waals surface area contributed by atoms with Crippen molar-refractivity contribution in [2.24, 2.45) is 5.92 Å². The van der Waals surface area contributed by atoms with Crippen LogP contribution >= 0.6 is 0 Å². The summed E-state index contributed by atoms with van der Waals surface area (Å²) in [7, 11) is 0. The Labute approximate surface area is 140 Å². The Morgan fingerprint density at radius 1 is 1.17 bits per heavy atom. The van der Waals surface area contributed by atoms with Gasteiger partial charge < -0.3 is 9.88 Å². The summed E-state index contributed by atoms with van der Waals surface area (Å²) < 4.78 is 15.8. The number of hydrogen-bond donors (Lipinski definition) is 1. The highest BCUT2D eigenvalue weighted by molar-refractivity contribution is 5.94. The summed E-state index contributed by atoms with van der Waals surface area (Å²) in [4.78, 5) is 16.8. The number of nitrogens with one attached hydrogen (secondary N) is 1. The van der Waals surface area contributed by atoms with Crippen molar-refractivity contribution in [3.05, 3.63) is 65.7 Å². The van der Waals surface area contributed by atoms with Crippen molar-refractivity contribution in [2.75, 3.05) is 0 Å². The van der Waals surface area contributed by atoms with E-state index in [9.17, 15) is 9.18 Å². The zero-order chi connectivity index (χ0) is 17.1. The van der Waals surface area contributed by atoms with Gasteiger partial charge in [-0.15, -0.1) is 0 Å². The fourth-order valence-corrected chi connectivity index (χ4v) is 2.73. The van der Waals surface area contributed by atoms with Crippen LogP contribution in [0, 0.1) is 11.7 Å². The summed E-state index contributed by atoms with van der Waals surface area (Å²) in [5.74, 6) is 0.264. The lowest BCUT2D eigenvalue weighted by Gasteiger charge is -2.12. The van der Waals surface area contributed by atoms with Gasteiger partial charge in [-0.3, -0.25) is 4.79 Å². The van der Waals surface area contributed by atoms with Gasteiger partial charge in [-0.25, -0.2) is 9.37 Å². The molecule has 0 unspecified atom stereocenters. The van der Waals surface area contributed by atoms with E-state index in [-0.39, 0.29) is 12.1 Å². The average molecular weight is 325 g/mol. The molecule has 124 valence electrons. The standard InChI is InChI=1S/C19H20FN3O/c1-13(2)12-23-17-10-6-5-9-16(17)22-18(23)11-21-19(24)14-7-3-4-8-15(14)20/h3-10,13H,11-12H2,1-2H3,(H,21,24). The molecular weight excluding hydrogens is 305 g/mol. The molecule has 1 heterocycles. The number of imidazole rings is 1. The fourth-order valence-electron chi connectivity index (χ4n) is 2.73. The third-order valence-electron chi connectivity index (χ3n) is 3.81. The quantitative estimate of drug-likeness (QED) is 0.776. The molecule has 1 amide bonds. The molecule has 3 aromatic rings. The summed E-state index contributed by atoms with van der Waals surface area (Å²) in [6, 6.07) is 13.9. The molecule has 5 heteroatoms. The van der Waals surface area contributed by atoms with Gasteiger partial charge in [0, 0.05) is 6.54 Å². The molecule has 0 aliphatic rings. The first-order chi connectivity index (χ1) is 11.6. The summed E-state index contributed by atoms with van der Waals surface area (Å²) in [6.07, 6.45) is 0. The van der Waals surface area contributed by atoms with Crippen LogP contribution < -0.4 is 5.32 Å². The second-order valence-electron chi connectivity index (χ2n) is 6.18. The number of aromatic nitrogens is 2. The van der Waals surface area contributed by atoms with E-state index in [1.807, 2.05) is 24.3 Å². The summed E-state index contributed by atoms with van der Waals surface area (Å²) >= 11 is 0. The fraction of sp³-hybridized carbons (Fsp3) is 0.263. The van der Waals surface area contributed by atoms with Crippen molar-refractivity contribution in [3.63, 3.8) is 0 Å². The maximum atomic E-state index is 13.7. The number of benzene rings is 2. The van der Waals surface area contributed by atoms with Gasteiger partial charge in [0.2, 0.25) is 0 Å². The van der Waals surface area contributed by atoms with E-state index in [0.29, 0.717) is 5.92 Å². The molecule has 0 aliphatic heterocycles. The van der Waals surface area contributed by atoms with E-state index in [0.717, 1.165) is 23.4 Å². The molecule has 2 aromatic carbocycles. The van der Waals surface area contributed by atoms with Crippen LogP contribution in [0.1, 0.15) is 30.0 Å². The van der Waals surface area contributed by atoms with Gasteiger partial charge in [0.25, 0.3) is 5.91 Å². The highest BCUT2D eigenvalue weighted by Crippen LogP contribution is 2.18. The molecule has 3 rings (SSSR count). The number of para-hydroxylation sites is 2. The number of amides is 1. The number of rotatable bonds is 5. The van der Waals surface area contributed by atoms with Gasteiger partial charge in [-0.2, -0.15) is 0 Å². The molecule has 1 aromatic heterocycles. The molecule has 0 atom stereocenters. The largest absolute Gasteiger partial charge is 0.345 e. The second-order valence-corrected chi connectivity index (χ2v) is 6.18. The minimum atomic E-state index is -0.523. The Balaban J connectivity index is 1.84. The van der Waals surface area contributed by atoms with E-state index in [1.165, 1.54) is 12.1 Å². The van der Waals surface area contributed by atoms with Gasteiger partial charge in [0.05, 0.1) is 23.1 Å². The molecule has 1 N–H and O–H groups in total. The lowest BCUT2D eigenvalue weighted by atomic mass is 10.2. The van der Waals surface area contributed by atoms with Crippen molar-refractivity contribution < 1.29 is 9.18 Å². The zero-order valence-electron chi connectivity index (χ0n) is 13.8. The lowest BCUT2D eigenvalue weighted by molar-refractivity contribution is 0.0945. The van der Waals surface area contributed by atoms with Crippen molar-refractivity contribution in [3.8, 4) is 0 Å². The van der Waals surface area contributed by atoms with Crippen LogP contribution in [-0.4, -0.2) is 15.5 Å². The molecule has 0 saturated carbocycles. The van der Waals surface area contributed by atoms with E-state index in [4.69, 9.17) is 0 Å². The molecule has 0 spiro atoms. The van der Waals surface area contributed by atoms with Crippen LogP contribution in [0.25, 0.3) is 11.0 Å². The lowest BCUT2D eigenvalue weighted by Crippen LogP contribution is -2.26. The normalized spacial score (nSPS) is 11.2. The van der Waals surface area contributed by atoms with Crippen molar-refractivity contribution in [1.29, 1.82) is 0 Å². The molecule has 24 heavy (non-hydrogen) atoms. The molecule has 0 radical (unpaired) electrons. The van der Waals surface area contributed by atoms with Crippen molar-refractivity contribution >= 4 is 16.9 Å². The SMILES string of the molecule is CC(C)Cn1c(CNC(=O)c2ccccc2F)nc2ccccc21. The Morgan fingerprint density at radius 2 is 1.88 bits per heavy atom. The molecule has 0 bridgehead atoms. The average Bonchev–Trinajstić information content (AvgIpc) is 2.90. The third kappa shape index (κ3) is 3.30. The van der Waals surface area contributed by atoms with Crippen LogP contribution in [0.2, 0.25) is 0 Å². The van der Waals surface area contributed by atoms with E-state index < -0.39 is 11.7 Å². The molecular formula is C19H20FN3O. The second kappa shape index (κ2) is 6.83. The summed E-state index contributed by atoms with van der Waals surface area (Å²) in [6.45, 7) is 5.34. The third-order valence-corrected chi connectivity index (χ3v) is 3.81. The number of halogens is 1. The predicted molar refractivity (Wildman–Crippen MR) is 92.1 cm³/mol. The monoisotopic (exact) mass is 325 g/mol.